The van der Waals surface area contributed by atoms with E-state index in [9.17, 15) is 13.2 Å². The number of rotatable bonds is 5. The fourth-order valence-electron chi connectivity index (χ4n) is 2.35. The highest BCUT2D eigenvalue weighted by atomic mass is 127. The van der Waals surface area contributed by atoms with Crippen LogP contribution in [0.1, 0.15) is 15.9 Å². The minimum absolute atomic E-state index is 0.0793. The molecule has 0 aliphatic heterocycles. The topological polar surface area (TPSA) is 60.4 Å². The summed E-state index contributed by atoms with van der Waals surface area (Å²) in [4.78, 5) is 12.5. The zero-order valence-corrected chi connectivity index (χ0v) is 16.6. The second kappa shape index (κ2) is 8.01. The fraction of sp³-hybridized carbons (Fsp3) is 0.0500. The van der Waals surface area contributed by atoms with Crippen LogP contribution in [0.4, 0.5) is 0 Å². The van der Waals surface area contributed by atoms with E-state index in [1.165, 1.54) is 12.1 Å². The van der Waals surface area contributed by atoms with Crippen LogP contribution in [-0.2, 0) is 21.2 Å². The highest BCUT2D eigenvalue weighted by Crippen LogP contribution is 2.21. The molecule has 0 N–H and O–H groups in total. The molecule has 3 rings (SSSR count). The van der Waals surface area contributed by atoms with Crippen LogP contribution in [0, 0.1) is 3.57 Å². The lowest BCUT2D eigenvalue weighted by atomic mass is 10.2. The smallest absolute Gasteiger partial charge is 0.338 e. The molecule has 0 aromatic heterocycles. The third-order valence-electron chi connectivity index (χ3n) is 3.72. The molecule has 6 heteroatoms. The summed E-state index contributed by atoms with van der Waals surface area (Å²) in [5.74, 6) is -0.413. The van der Waals surface area contributed by atoms with E-state index in [4.69, 9.17) is 4.74 Å². The SMILES string of the molecule is O=C(OCc1ccc(S(=O)(=O)c2ccccc2)cc1)c1cccc(I)c1. The van der Waals surface area contributed by atoms with E-state index in [2.05, 4.69) is 22.6 Å². The van der Waals surface area contributed by atoms with Crippen LogP contribution < -0.4 is 0 Å². The summed E-state index contributed by atoms with van der Waals surface area (Å²) in [6.07, 6.45) is 0. The summed E-state index contributed by atoms with van der Waals surface area (Å²) in [5.41, 5.74) is 1.20. The Hall–Kier alpha value is -2.19. The van der Waals surface area contributed by atoms with E-state index in [1.54, 1.807) is 60.7 Å². The molecule has 26 heavy (non-hydrogen) atoms. The van der Waals surface area contributed by atoms with Crippen molar-refractivity contribution in [2.24, 2.45) is 0 Å². The van der Waals surface area contributed by atoms with Gasteiger partial charge >= 0.3 is 5.97 Å². The van der Waals surface area contributed by atoms with Crippen molar-refractivity contribution < 1.29 is 17.9 Å². The van der Waals surface area contributed by atoms with Crippen molar-refractivity contribution in [3.8, 4) is 0 Å². The molecule has 4 nitrogen and oxygen atoms in total. The Labute approximate surface area is 165 Å². The lowest BCUT2D eigenvalue weighted by molar-refractivity contribution is 0.0472. The highest BCUT2D eigenvalue weighted by Gasteiger charge is 2.17. The second-order valence-corrected chi connectivity index (χ2v) is 8.74. The number of hydrogen-bond donors (Lipinski definition) is 0. The summed E-state index contributed by atoms with van der Waals surface area (Å²) >= 11 is 2.13. The Bertz CT molecular complexity index is 1010. The molecule has 0 aliphatic carbocycles. The molecule has 0 unspecified atom stereocenters. The van der Waals surface area contributed by atoms with Crippen molar-refractivity contribution in [3.05, 3.63) is 93.6 Å². The number of halogens is 1. The first-order chi connectivity index (χ1) is 12.5. The molecular formula is C20H15IO4S. The van der Waals surface area contributed by atoms with Crippen LogP contribution in [0.3, 0.4) is 0 Å². The molecule has 0 saturated heterocycles. The van der Waals surface area contributed by atoms with Crippen LogP contribution in [0.5, 0.6) is 0 Å². The summed E-state index contributed by atoms with van der Waals surface area (Å²) < 4.78 is 31.3. The molecule has 0 spiro atoms. The van der Waals surface area contributed by atoms with E-state index in [-0.39, 0.29) is 16.4 Å². The molecule has 0 atom stereocenters. The zero-order valence-electron chi connectivity index (χ0n) is 13.6. The minimum atomic E-state index is -3.54. The van der Waals surface area contributed by atoms with Gasteiger partial charge in [0.05, 0.1) is 15.4 Å². The Kier molecular flexibility index (Phi) is 5.73. The molecule has 0 amide bonds. The highest BCUT2D eigenvalue weighted by molar-refractivity contribution is 14.1. The monoisotopic (exact) mass is 478 g/mol. The van der Waals surface area contributed by atoms with E-state index in [0.29, 0.717) is 5.56 Å². The maximum absolute atomic E-state index is 12.5. The number of sulfone groups is 1. The molecule has 0 radical (unpaired) electrons. The van der Waals surface area contributed by atoms with Gasteiger partial charge in [0, 0.05) is 3.57 Å². The van der Waals surface area contributed by atoms with E-state index in [0.717, 1.165) is 9.13 Å². The Balaban J connectivity index is 1.69. The third kappa shape index (κ3) is 4.31. The molecule has 132 valence electrons. The van der Waals surface area contributed by atoms with Gasteiger partial charge < -0.3 is 4.74 Å². The largest absolute Gasteiger partial charge is 0.457 e. The van der Waals surface area contributed by atoms with Gasteiger partial charge in [-0.05, 0) is 70.6 Å². The van der Waals surface area contributed by atoms with Crippen LogP contribution in [0.15, 0.2) is 88.7 Å². The standard InChI is InChI=1S/C20H15IO4S/c21-17-6-4-5-16(13-17)20(22)25-14-15-9-11-19(12-10-15)26(23,24)18-7-2-1-3-8-18/h1-13H,14H2. The van der Waals surface area contributed by atoms with E-state index < -0.39 is 15.8 Å². The lowest BCUT2D eigenvalue weighted by Crippen LogP contribution is -2.06. The molecule has 0 aliphatic rings. The third-order valence-corrected chi connectivity index (χ3v) is 6.17. The summed E-state index contributed by atoms with van der Waals surface area (Å²) in [7, 11) is -3.54. The van der Waals surface area contributed by atoms with Crippen molar-refractivity contribution in [1.29, 1.82) is 0 Å². The average Bonchev–Trinajstić information content (AvgIpc) is 2.67. The predicted molar refractivity (Wildman–Crippen MR) is 107 cm³/mol. The molecule has 3 aromatic rings. The van der Waals surface area contributed by atoms with Gasteiger partial charge in [-0.1, -0.05) is 36.4 Å². The van der Waals surface area contributed by atoms with Crippen LogP contribution >= 0.6 is 22.6 Å². The van der Waals surface area contributed by atoms with Gasteiger partial charge in [-0.25, -0.2) is 13.2 Å². The van der Waals surface area contributed by atoms with Crippen LogP contribution in [0.25, 0.3) is 0 Å². The summed E-state index contributed by atoms with van der Waals surface area (Å²) in [5, 5.41) is 0. The van der Waals surface area contributed by atoms with Gasteiger partial charge in [0.1, 0.15) is 6.61 Å². The molecule has 0 saturated carbocycles. The molecule has 0 fully saturated rings. The number of benzene rings is 3. The summed E-state index contributed by atoms with van der Waals surface area (Å²) in [6, 6.07) is 21.7. The average molecular weight is 478 g/mol. The Morgan fingerprint density at radius 2 is 1.50 bits per heavy atom. The molecular weight excluding hydrogens is 463 g/mol. The molecule has 3 aromatic carbocycles. The first-order valence-electron chi connectivity index (χ1n) is 7.78. The number of carbonyl (C=O) groups is 1. The van der Waals surface area contributed by atoms with Gasteiger partial charge in [-0.2, -0.15) is 0 Å². The van der Waals surface area contributed by atoms with Gasteiger partial charge in [0.25, 0.3) is 0 Å². The summed E-state index contributed by atoms with van der Waals surface area (Å²) in [6.45, 7) is 0.0793. The fourth-order valence-corrected chi connectivity index (χ4v) is 4.17. The molecule has 0 bridgehead atoms. The van der Waals surface area contributed by atoms with Crippen molar-refractivity contribution in [3.63, 3.8) is 0 Å². The van der Waals surface area contributed by atoms with E-state index >= 15 is 0 Å². The minimum Gasteiger partial charge on any atom is -0.457 e. The maximum Gasteiger partial charge on any atom is 0.338 e. The second-order valence-electron chi connectivity index (χ2n) is 5.55. The zero-order chi connectivity index (χ0) is 18.6. The quantitative estimate of drug-likeness (QED) is 0.401. The first kappa shape index (κ1) is 18.6. The lowest BCUT2D eigenvalue weighted by Gasteiger charge is -2.07. The Morgan fingerprint density at radius 1 is 0.846 bits per heavy atom. The molecule has 0 heterocycles. The van der Waals surface area contributed by atoms with Gasteiger partial charge in [-0.3, -0.25) is 0 Å². The van der Waals surface area contributed by atoms with Crippen molar-refractivity contribution in [2.75, 3.05) is 0 Å². The number of ether oxygens (including phenoxy) is 1. The van der Waals surface area contributed by atoms with Crippen molar-refractivity contribution in [2.45, 2.75) is 16.4 Å². The maximum atomic E-state index is 12.5. The first-order valence-corrected chi connectivity index (χ1v) is 10.3. The van der Waals surface area contributed by atoms with Gasteiger partial charge in [0.2, 0.25) is 9.84 Å². The van der Waals surface area contributed by atoms with Crippen molar-refractivity contribution in [1.82, 2.24) is 0 Å². The van der Waals surface area contributed by atoms with Crippen LogP contribution in [-0.4, -0.2) is 14.4 Å². The Morgan fingerprint density at radius 3 is 2.15 bits per heavy atom. The van der Waals surface area contributed by atoms with Crippen LogP contribution in [0.2, 0.25) is 0 Å². The number of hydrogen-bond acceptors (Lipinski definition) is 4. The predicted octanol–water partition coefficient (Wildman–Crippen LogP) is 4.48. The number of carbonyl (C=O) groups excluding carboxylic acids is 1. The van der Waals surface area contributed by atoms with Gasteiger partial charge in [0.15, 0.2) is 0 Å². The van der Waals surface area contributed by atoms with E-state index in [1.807, 2.05) is 6.07 Å². The van der Waals surface area contributed by atoms with Crippen molar-refractivity contribution >= 4 is 38.4 Å². The normalized spacial score (nSPS) is 11.1. The van der Waals surface area contributed by atoms with Gasteiger partial charge in [-0.15, -0.1) is 0 Å². The number of esters is 1.